The summed E-state index contributed by atoms with van der Waals surface area (Å²) in [5.74, 6) is 0.911. The molecule has 2 aliphatic heterocycles. The van der Waals surface area contributed by atoms with E-state index in [-0.39, 0.29) is 23.0 Å². The molecular weight excluding hydrogens is 864 g/mol. The highest BCUT2D eigenvalue weighted by molar-refractivity contribution is 7.18. The molecule has 68 heavy (non-hydrogen) atoms. The van der Waals surface area contributed by atoms with Gasteiger partial charge >= 0.3 is 0 Å². The lowest BCUT2D eigenvalue weighted by molar-refractivity contribution is 0.587. The van der Waals surface area contributed by atoms with Crippen LogP contribution in [0.4, 0.5) is 34.3 Å². The summed E-state index contributed by atoms with van der Waals surface area (Å²) in [5.41, 5.74) is 21.8. The number of hydrogen-bond acceptors (Lipinski definition) is 5. The number of rotatable bonds is 4. The van der Waals surface area contributed by atoms with Gasteiger partial charge in [0.1, 0.15) is 5.58 Å². The molecule has 2 aliphatic rings. The molecule has 3 nitrogen and oxygen atoms in total. The molecule has 0 atom stereocenters. The minimum absolute atomic E-state index is 0.00244. The Kier molecular flexibility index (Phi) is 9.53. The first-order valence-corrected chi connectivity index (χ1v) is 25.8. The van der Waals surface area contributed by atoms with E-state index >= 15 is 0 Å². The van der Waals surface area contributed by atoms with Gasteiger partial charge in [-0.1, -0.05) is 141 Å². The minimum atomic E-state index is -0.163. The molecule has 3 aromatic heterocycles. The average molecular weight is 921 g/mol. The molecule has 0 saturated carbocycles. The van der Waals surface area contributed by atoms with Gasteiger partial charge in [0.15, 0.2) is 0 Å². The van der Waals surface area contributed by atoms with E-state index in [1.807, 2.05) is 22.7 Å². The van der Waals surface area contributed by atoms with Crippen LogP contribution in [0.3, 0.4) is 0 Å². The van der Waals surface area contributed by atoms with Crippen molar-refractivity contribution in [2.24, 2.45) is 0 Å². The Bertz CT molecular complexity index is 3670. The third-order valence-corrected chi connectivity index (χ3v) is 16.6. The molecule has 0 aliphatic carbocycles. The van der Waals surface area contributed by atoms with Crippen molar-refractivity contribution in [3.05, 3.63) is 172 Å². The second kappa shape index (κ2) is 15.1. The number of anilines is 6. The van der Waals surface area contributed by atoms with Crippen LogP contribution in [0.1, 0.15) is 90.1 Å². The maximum atomic E-state index is 7.38. The Morgan fingerprint density at radius 3 is 1.66 bits per heavy atom. The van der Waals surface area contributed by atoms with Gasteiger partial charge in [0.25, 0.3) is 6.71 Å². The van der Waals surface area contributed by atoms with Gasteiger partial charge in [-0.25, -0.2) is 0 Å². The first-order valence-electron chi connectivity index (χ1n) is 24.1. The van der Waals surface area contributed by atoms with E-state index in [9.17, 15) is 0 Å². The van der Waals surface area contributed by atoms with Crippen LogP contribution in [0.5, 0.6) is 0 Å². The van der Waals surface area contributed by atoms with E-state index in [4.69, 9.17) is 4.42 Å². The maximum absolute atomic E-state index is 7.38. The van der Waals surface area contributed by atoms with Crippen LogP contribution < -0.4 is 26.2 Å². The first kappa shape index (κ1) is 43.0. The zero-order chi connectivity index (χ0) is 47.2. The van der Waals surface area contributed by atoms with Crippen molar-refractivity contribution in [3.63, 3.8) is 0 Å². The molecule has 12 rings (SSSR count). The average Bonchev–Trinajstić information content (AvgIpc) is 4.04. The normalized spacial score (nSPS) is 13.7. The summed E-state index contributed by atoms with van der Waals surface area (Å²) in [6, 6.07) is 51.0. The summed E-state index contributed by atoms with van der Waals surface area (Å²) < 4.78 is 9.98. The molecule has 0 N–H and O–H groups in total. The highest BCUT2D eigenvalue weighted by Crippen LogP contribution is 2.51. The number of aryl methyl sites for hydroxylation is 2. The molecule has 0 spiro atoms. The molecule has 5 heterocycles. The van der Waals surface area contributed by atoms with E-state index in [2.05, 4.69) is 230 Å². The quantitative estimate of drug-likeness (QED) is 0.164. The zero-order valence-corrected chi connectivity index (χ0v) is 42.7. The van der Waals surface area contributed by atoms with Crippen LogP contribution in [0.15, 0.2) is 149 Å². The zero-order valence-electron chi connectivity index (χ0n) is 41.1. The monoisotopic (exact) mass is 920 g/mol. The molecular formula is C62H57BN2OS2. The summed E-state index contributed by atoms with van der Waals surface area (Å²) in [7, 11) is 0. The van der Waals surface area contributed by atoms with Crippen LogP contribution in [0.25, 0.3) is 53.4 Å². The number of thiophene rings is 2. The summed E-state index contributed by atoms with van der Waals surface area (Å²) in [6.07, 6.45) is 0. The standard InChI is InChI=1S/C62H57BN2OS2/c1-36-27-41(61(6,7)8)28-37(2)58(36)65-52-33-42(62(9,10)11)32-51-57(52)63(56-46-31-40(60(3,4)5)24-26-53(46)66-59(56)65)49-25-23-39(48-35-68-55-22-15-13-20-45(48)55)30-50(49)64(51)43-18-16-17-38(29-43)47-34-67-54-21-14-12-19-44(47)54/h12-35H,1-11H3. The van der Waals surface area contributed by atoms with Crippen LogP contribution in [0.2, 0.25) is 0 Å². The Labute approximate surface area is 409 Å². The van der Waals surface area contributed by atoms with Gasteiger partial charge in [-0.2, -0.15) is 0 Å². The molecule has 0 bridgehead atoms. The van der Waals surface area contributed by atoms with Crippen LogP contribution >= 0.6 is 22.7 Å². The first-order chi connectivity index (χ1) is 32.4. The van der Waals surface area contributed by atoms with Gasteiger partial charge in [0.05, 0.1) is 5.69 Å². The fourth-order valence-electron chi connectivity index (χ4n) is 11.0. The number of nitrogens with zero attached hydrogens (tertiary/aromatic N) is 2. The molecule has 7 aromatic carbocycles. The Balaban J connectivity index is 1.21. The highest BCUT2D eigenvalue weighted by Gasteiger charge is 2.47. The van der Waals surface area contributed by atoms with E-state index in [0.717, 1.165) is 17.2 Å². The van der Waals surface area contributed by atoms with Gasteiger partial charge in [-0.3, -0.25) is 4.90 Å². The van der Waals surface area contributed by atoms with Crippen LogP contribution in [0, 0.1) is 13.8 Å². The smallest absolute Gasteiger partial charge is 0.257 e. The highest BCUT2D eigenvalue weighted by atomic mass is 32.1. The predicted molar refractivity (Wildman–Crippen MR) is 297 cm³/mol. The van der Waals surface area contributed by atoms with E-state index in [1.165, 1.54) is 115 Å². The number of hydrogen-bond donors (Lipinski definition) is 0. The van der Waals surface area contributed by atoms with E-state index in [0.29, 0.717) is 0 Å². The second-order valence-electron chi connectivity index (χ2n) is 22.4. The van der Waals surface area contributed by atoms with E-state index < -0.39 is 0 Å². The molecule has 336 valence electrons. The largest absolute Gasteiger partial charge is 0.440 e. The molecule has 0 fully saturated rings. The van der Waals surface area contributed by atoms with Crippen LogP contribution in [-0.4, -0.2) is 6.71 Å². The topological polar surface area (TPSA) is 19.6 Å². The molecule has 6 heteroatoms. The maximum Gasteiger partial charge on any atom is 0.257 e. The minimum Gasteiger partial charge on any atom is -0.440 e. The number of benzene rings is 7. The SMILES string of the molecule is Cc1cc(C(C)(C)C)cc(C)c1N1c2cc(C(C)(C)C)cc3c2B(c2ccc(-c4csc5ccccc45)cc2N3c2cccc(-c3csc4ccccc34)c2)c2c1oc1ccc(C(C)(C)C)cc21. The fraction of sp³-hybridized carbons (Fsp3) is 0.226. The molecule has 0 radical (unpaired) electrons. The lowest BCUT2D eigenvalue weighted by Gasteiger charge is -2.44. The van der Waals surface area contributed by atoms with Crippen molar-refractivity contribution in [3.8, 4) is 22.3 Å². The summed E-state index contributed by atoms with van der Waals surface area (Å²) in [4.78, 5) is 5.11. The summed E-state index contributed by atoms with van der Waals surface area (Å²) in [6.45, 7) is 25.4. The Morgan fingerprint density at radius 1 is 0.471 bits per heavy atom. The number of furan rings is 1. The van der Waals surface area contributed by atoms with Crippen LogP contribution in [-0.2, 0) is 16.2 Å². The van der Waals surface area contributed by atoms with Gasteiger partial charge < -0.3 is 9.32 Å². The van der Waals surface area contributed by atoms with Crippen molar-refractivity contribution < 1.29 is 4.42 Å². The van der Waals surface area contributed by atoms with Crippen molar-refractivity contribution in [2.75, 3.05) is 9.80 Å². The molecule has 10 aromatic rings. The fourth-order valence-corrected chi connectivity index (χ4v) is 13.0. The molecule has 0 unspecified atom stereocenters. The Morgan fingerprint density at radius 2 is 1.04 bits per heavy atom. The lowest BCUT2D eigenvalue weighted by Crippen LogP contribution is -2.61. The Hall–Kier alpha value is -6.34. The summed E-state index contributed by atoms with van der Waals surface area (Å²) >= 11 is 3.64. The molecule has 0 saturated heterocycles. The van der Waals surface area contributed by atoms with Gasteiger partial charge in [0, 0.05) is 64.9 Å². The number of fused-ring (bicyclic) bond motifs is 8. The third-order valence-electron chi connectivity index (χ3n) is 14.7. The van der Waals surface area contributed by atoms with Gasteiger partial charge in [-0.05, 0) is 145 Å². The van der Waals surface area contributed by atoms with Crippen molar-refractivity contribution in [2.45, 2.75) is 92.4 Å². The second-order valence-corrected chi connectivity index (χ2v) is 24.2. The van der Waals surface area contributed by atoms with Crippen molar-refractivity contribution in [1.82, 2.24) is 0 Å². The predicted octanol–water partition coefficient (Wildman–Crippen LogP) is 16.8. The molecule has 0 amide bonds. The summed E-state index contributed by atoms with van der Waals surface area (Å²) in [5, 5.41) is 8.43. The lowest BCUT2D eigenvalue weighted by atomic mass is 9.33. The van der Waals surface area contributed by atoms with Gasteiger partial charge in [-0.15, -0.1) is 22.7 Å². The van der Waals surface area contributed by atoms with E-state index in [1.54, 1.807) is 0 Å². The van der Waals surface area contributed by atoms with Crippen molar-refractivity contribution >= 4 is 111 Å². The third kappa shape index (κ3) is 6.65. The van der Waals surface area contributed by atoms with Gasteiger partial charge in [0.2, 0.25) is 5.88 Å². The van der Waals surface area contributed by atoms with Crippen molar-refractivity contribution in [1.29, 1.82) is 0 Å².